The summed E-state index contributed by atoms with van der Waals surface area (Å²) in [6.07, 6.45) is 4.00. The monoisotopic (exact) mass is 336 g/mol. The number of rotatable bonds is 4. The molecule has 0 saturated heterocycles. The number of hydrogen-bond donors (Lipinski definition) is 0. The van der Waals surface area contributed by atoms with Gasteiger partial charge in [0, 0.05) is 25.1 Å². The van der Waals surface area contributed by atoms with Crippen molar-refractivity contribution in [3.63, 3.8) is 0 Å². The maximum atomic E-state index is 12.2. The third-order valence-electron chi connectivity index (χ3n) is 4.48. The highest BCUT2D eigenvalue weighted by Crippen LogP contribution is 2.30. The van der Waals surface area contributed by atoms with Crippen molar-refractivity contribution in [2.45, 2.75) is 20.0 Å². The molecule has 1 amide bonds. The van der Waals surface area contributed by atoms with Crippen LogP contribution in [0.4, 0.5) is 0 Å². The zero-order valence-corrected chi connectivity index (χ0v) is 14.3. The van der Waals surface area contributed by atoms with Gasteiger partial charge in [-0.15, -0.1) is 0 Å². The van der Waals surface area contributed by atoms with Crippen LogP contribution < -0.4 is 0 Å². The third kappa shape index (κ3) is 2.74. The highest BCUT2D eigenvalue weighted by molar-refractivity contribution is 5.78. The smallest absolute Gasteiger partial charge is 0.249 e. The summed E-state index contributed by atoms with van der Waals surface area (Å²) in [6.45, 7) is 3.24. The van der Waals surface area contributed by atoms with Crippen LogP contribution in [0.25, 0.3) is 11.5 Å². The number of amides is 1. The van der Waals surface area contributed by atoms with Crippen molar-refractivity contribution in [3.05, 3.63) is 65.6 Å². The normalized spacial score (nSPS) is 13.3. The van der Waals surface area contributed by atoms with Crippen LogP contribution in [0, 0.1) is 6.92 Å². The van der Waals surface area contributed by atoms with Crippen LogP contribution in [0.5, 0.6) is 0 Å². The maximum absolute atomic E-state index is 12.2. The zero-order valence-electron chi connectivity index (χ0n) is 14.3. The molecule has 0 N–H and O–H groups in total. The van der Waals surface area contributed by atoms with Crippen LogP contribution in [0.3, 0.4) is 0 Å². The Balaban J connectivity index is 1.77. The summed E-state index contributed by atoms with van der Waals surface area (Å²) in [4.78, 5) is 13.9. The van der Waals surface area contributed by atoms with Gasteiger partial charge in [-0.25, -0.2) is 4.68 Å². The number of benzene rings is 1. The second-order valence-electron chi connectivity index (χ2n) is 6.27. The van der Waals surface area contributed by atoms with Crippen molar-refractivity contribution >= 4 is 5.91 Å². The van der Waals surface area contributed by atoms with Crippen molar-refractivity contribution in [1.29, 1.82) is 0 Å². The maximum Gasteiger partial charge on any atom is 0.249 e. The van der Waals surface area contributed by atoms with E-state index in [1.165, 1.54) is 12.7 Å². The summed E-state index contributed by atoms with van der Waals surface area (Å²) in [5.41, 5.74) is 4.25. The van der Waals surface area contributed by atoms with E-state index in [1.807, 2.05) is 29.2 Å². The van der Waals surface area contributed by atoms with E-state index < -0.39 is 0 Å². The first-order valence-electron chi connectivity index (χ1n) is 8.25. The zero-order chi connectivity index (χ0) is 17.4. The summed E-state index contributed by atoms with van der Waals surface area (Å²) in [5, 5.41) is 4.80. The molecule has 3 heterocycles. The Morgan fingerprint density at radius 3 is 2.56 bits per heavy atom. The Labute approximate surface area is 146 Å². The molecule has 0 unspecified atom stereocenters. The van der Waals surface area contributed by atoms with Crippen molar-refractivity contribution in [1.82, 2.24) is 19.2 Å². The number of aryl methyl sites for hydroxylation is 1. The lowest BCUT2D eigenvalue weighted by Crippen LogP contribution is -2.29. The SMILES string of the molecule is COCC(=O)N1Cc2nn(-c3ccc(C)cc3)c(-n3cccc3)c2C1. The van der Waals surface area contributed by atoms with Crippen LogP contribution >= 0.6 is 0 Å². The quantitative estimate of drug-likeness (QED) is 0.735. The summed E-state index contributed by atoms with van der Waals surface area (Å²) in [7, 11) is 1.54. The first-order chi connectivity index (χ1) is 12.2. The topological polar surface area (TPSA) is 52.3 Å². The van der Waals surface area contributed by atoms with E-state index in [4.69, 9.17) is 9.84 Å². The molecule has 0 bridgehead atoms. The molecule has 2 aromatic heterocycles. The van der Waals surface area contributed by atoms with Crippen LogP contribution in [0.1, 0.15) is 16.8 Å². The lowest BCUT2D eigenvalue weighted by Gasteiger charge is -2.17. The fraction of sp³-hybridized carbons (Fsp3) is 0.263. The number of hydrogen-bond acceptors (Lipinski definition) is 3. The predicted molar refractivity (Wildman–Crippen MR) is 93.8 cm³/mol. The molecule has 3 aromatic rings. The summed E-state index contributed by atoms with van der Waals surface area (Å²) >= 11 is 0. The first-order valence-corrected chi connectivity index (χ1v) is 8.25. The first kappa shape index (κ1) is 15.7. The van der Waals surface area contributed by atoms with Gasteiger partial charge in [0.2, 0.25) is 5.91 Å². The van der Waals surface area contributed by atoms with E-state index >= 15 is 0 Å². The Hall–Kier alpha value is -2.86. The van der Waals surface area contributed by atoms with Crippen molar-refractivity contribution in [2.75, 3.05) is 13.7 Å². The Kier molecular flexibility index (Phi) is 3.89. The van der Waals surface area contributed by atoms with Crippen LogP contribution in [0.15, 0.2) is 48.8 Å². The van der Waals surface area contributed by atoms with Gasteiger partial charge in [-0.3, -0.25) is 4.79 Å². The van der Waals surface area contributed by atoms with Crippen molar-refractivity contribution in [3.8, 4) is 11.5 Å². The third-order valence-corrected chi connectivity index (χ3v) is 4.48. The number of ether oxygens (including phenoxy) is 1. The second kappa shape index (κ2) is 6.22. The number of carbonyl (C=O) groups is 1. The lowest BCUT2D eigenvalue weighted by atomic mass is 10.2. The molecular weight excluding hydrogens is 316 g/mol. The van der Waals surface area contributed by atoms with Crippen molar-refractivity contribution in [2.24, 2.45) is 0 Å². The van der Waals surface area contributed by atoms with Crippen LogP contribution in [-0.2, 0) is 22.6 Å². The minimum atomic E-state index is -0.0131. The Morgan fingerprint density at radius 1 is 1.16 bits per heavy atom. The molecule has 6 heteroatoms. The van der Waals surface area contributed by atoms with Gasteiger partial charge in [0.25, 0.3) is 0 Å². The number of aromatic nitrogens is 3. The number of methoxy groups -OCH3 is 1. The number of carbonyl (C=O) groups excluding carboxylic acids is 1. The van der Waals surface area contributed by atoms with E-state index in [9.17, 15) is 4.79 Å². The molecule has 6 nitrogen and oxygen atoms in total. The van der Waals surface area contributed by atoms with E-state index in [2.05, 4.69) is 35.8 Å². The molecule has 1 aliphatic heterocycles. The van der Waals surface area contributed by atoms with Gasteiger partial charge in [-0.05, 0) is 31.2 Å². The van der Waals surface area contributed by atoms with Gasteiger partial charge in [-0.2, -0.15) is 5.10 Å². The second-order valence-corrected chi connectivity index (χ2v) is 6.27. The van der Waals surface area contributed by atoms with Crippen LogP contribution in [0.2, 0.25) is 0 Å². The molecule has 0 fully saturated rings. The average molecular weight is 336 g/mol. The standard InChI is InChI=1S/C19H20N4O2/c1-14-5-7-15(8-6-14)23-19(21-9-3-4-10-21)16-11-22(12-17(16)20-23)18(24)13-25-2/h3-10H,11-13H2,1-2H3. The molecule has 0 spiro atoms. The van der Waals surface area contributed by atoms with Gasteiger partial charge in [0.1, 0.15) is 12.4 Å². The van der Waals surface area contributed by atoms with Gasteiger partial charge >= 0.3 is 0 Å². The number of nitrogens with zero attached hydrogens (tertiary/aromatic N) is 4. The van der Waals surface area contributed by atoms with Gasteiger partial charge in [0.05, 0.1) is 24.5 Å². The minimum absolute atomic E-state index is 0.0131. The van der Waals surface area contributed by atoms with Crippen LogP contribution in [-0.4, -0.2) is 38.9 Å². The molecule has 0 atom stereocenters. The molecular formula is C19H20N4O2. The summed E-state index contributed by atoms with van der Waals surface area (Å²) in [5.74, 6) is 0.970. The van der Waals surface area contributed by atoms with E-state index in [0.29, 0.717) is 13.1 Å². The largest absolute Gasteiger partial charge is 0.375 e. The molecule has 0 aliphatic carbocycles. The fourth-order valence-corrected chi connectivity index (χ4v) is 3.20. The molecule has 0 saturated carbocycles. The summed E-state index contributed by atoms with van der Waals surface area (Å²) < 4.78 is 8.99. The highest BCUT2D eigenvalue weighted by atomic mass is 16.5. The molecule has 128 valence electrons. The van der Waals surface area contributed by atoms with E-state index in [-0.39, 0.29) is 12.5 Å². The molecule has 1 aliphatic rings. The van der Waals surface area contributed by atoms with E-state index in [0.717, 1.165) is 22.8 Å². The molecule has 1 aromatic carbocycles. The number of fused-ring (bicyclic) bond motifs is 1. The highest BCUT2D eigenvalue weighted by Gasteiger charge is 2.31. The Morgan fingerprint density at radius 2 is 1.88 bits per heavy atom. The summed E-state index contributed by atoms with van der Waals surface area (Å²) in [6, 6.07) is 12.3. The van der Waals surface area contributed by atoms with E-state index in [1.54, 1.807) is 4.90 Å². The lowest BCUT2D eigenvalue weighted by molar-refractivity contribution is -0.135. The fourth-order valence-electron chi connectivity index (χ4n) is 3.20. The molecule has 4 rings (SSSR count). The molecule has 0 radical (unpaired) electrons. The van der Waals surface area contributed by atoms with Crippen molar-refractivity contribution < 1.29 is 9.53 Å². The predicted octanol–water partition coefficient (Wildman–Crippen LogP) is 2.46. The Bertz CT molecular complexity index is 894. The van der Waals surface area contributed by atoms with Gasteiger partial charge in [-0.1, -0.05) is 17.7 Å². The average Bonchev–Trinajstić information content (AvgIpc) is 3.31. The van der Waals surface area contributed by atoms with Gasteiger partial charge in [0.15, 0.2) is 0 Å². The minimum Gasteiger partial charge on any atom is -0.375 e. The van der Waals surface area contributed by atoms with Gasteiger partial charge < -0.3 is 14.2 Å². The molecule has 25 heavy (non-hydrogen) atoms.